The van der Waals surface area contributed by atoms with E-state index in [9.17, 15) is 5.11 Å². The van der Waals surface area contributed by atoms with E-state index in [0.717, 1.165) is 23.4 Å². The zero-order valence-corrected chi connectivity index (χ0v) is 11.5. The molecule has 0 saturated heterocycles. The van der Waals surface area contributed by atoms with Gasteiger partial charge in [-0.25, -0.2) is 0 Å². The van der Waals surface area contributed by atoms with Crippen molar-refractivity contribution < 1.29 is 5.11 Å². The molecule has 2 unspecified atom stereocenters. The number of pyridine rings is 1. The summed E-state index contributed by atoms with van der Waals surface area (Å²) in [5.74, 6) is 0.117. The number of nitrogens with zero attached hydrogens (tertiary/aromatic N) is 1. The quantitative estimate of drug-likeness (QED) is 0.896. The summed E-state index contributed by atoms with van der Waals surface area (Å²) in [7, 11) is 0. The van der Waals surface area contributed by atoms with Crippen molar-refractivity contribution in [2.45, 2.75) is 38.2 Å². The molecule has 0 saturated carbocycles. The van der Waals surface area contributed by atoms with E-state index >= 15 is 0 Å². The van der Waals surface area contributed by atoms with Crippen LogP contribution in [-0.2, 0) is 12.0 Å². The molecule has 0 bridgehead atoms. The number of fused-ring (bicyclic) bond motifs is 1. The minimum Gasteiger partial charge on any atom is -0.384 e. The van der Waals surface area contributed by atoms with E-state index in [-0.39, 0.29) is 5.92 Å². The fourth-order valence-corrected chi connectivity index (χ4v) is 4.05. The van der Waals surface area contributed by atoms with Crippen LogP contribution in [0.3, 0.4) is 0 Å². The summed E-state index contributed by atoms with van der Waals surface area (Å²) in [6.07, 6.45) is 3.83. The molecule has 0 amide bonds. The van der Waals surface area contributed by atoms with Crippen molar-refractivity contribution in [2.75, 3.05) is 0 Å². The number of rotatable bonds is 2. The Morgan fingerprint density at radius 2 is 2.28 bits per heavy atom. The standard InChI is InChI=1S/C15H17NOS/c1-10-7-9-18-14(10)15(2,17)12-6-5-11-4-3-8-16-13(11)12/h3-4,7-9,12,17H,5-6H2,1-2H3. The molecule has 2 atom stereocenters. The largest absolute Gasteiger partial charge is 0.384 e. The van der Waals surface area contributed by atoms with Crippen LogP contribution in [0.5, 0.6) is 0 Å². The molecule has 18 heavy (non-hydrogen) atoms. The summed E-state index contributed by atoms with van der Waals surface area (Å²) in [6.45, 7) is 3.99. The van der Waals surface area contributed by atoms with E-state index in [2.05, 4.69) is 24.0 Å². The first-order chi connectivity index (χ1) is 8.60. The van der Waals surface area contributed by atoms with Crippen LogP contribution >= 0.6 is 11.3 Å². The smallest absolute Gasteiger partial charge is 0.105 e. The van der Waals surface area contributed by atoms with Crippen molar-refractivity contribution in [3.8, 4) is 0 Å². The number of thiophene rings is 1. The summed E-state index contributed by atoms with van der Waals surface area (Å²) >= 11 is 1.64. The first-order valence-electron chi connectivity index (χ1n) is 6.31. The van der Waals surface area contributed by atoms with E-state index in [4.69, 9.17) is 0 Å². The topological polar surface area (TPSA) is 33.1 Å². The van der Waals surface area contributed by atoms with Crippen molar-refractivity contribution >= 4 is 11.3 Å². The Morgan fingerprint density at radius 3 is 3.00 bits per heavy atom. The minimum absolute atomic E-state index is 0.117. The number of hydrogen-bond donors (Lipinski definition) is 1. The van der Waals surface area contributed by atoms with Crippen LogP contribution in [0.15, 0.2) is 29.8 Å². The highest BCUT2D eigenvalue weighted by Gasteiger charge is 2.41. The first kappa shape index (κ1) is 11.9. The Balaban J connectivity index is 2.04. The SMILES string of the molecule is Cc1ccsc1C(C)(O)C1CCc2cccnc21. The molecule has 2 heterocycles. The lowest BCUT2D eigenvalue weighted by Gasteiger charge is -2.30. The molecule has 0 aliphatic heterocycles. The fourth-order valence-electron chi connectivity index (χ4n) is 3.01. The predicted octanol–water partition coefficient (Wildman–Crippen LogP) is 3.39. The van der Waals surface area contributed by atoms with E-state index in [1.807, 2.05) is 24.6 Å². The van der Waals surface area contributed by atoms with Crippen LogP contribution < -0.4 is 0 Å². The van der Waals surface area contributed by atoms with Gasteiger partial charge in [0.05, 0.1) is 0 Å². The van der Waals surface area contributed by atoms with Crippen molar-refractivity contribution in [1.82, 2.24) is 4.98 Å². The Morgan fingerprint density at radius 1 is 1.44 bits per heavy atom. The molecule has 3 rings (SSSR count). The molecule has 94 valence electrons. The second kappa shape index (κ2) is 4.18. The van der Waals surface area contributed by atoms with Gasteiger partial charge in [0, 0.05) is 22.7 Å². The van der Waals surface area contributed by atoms with Gasteiger partial charge >= 0.3 is 0 Å². The van der Waals surface area contributed by atoms with Crippen molar-refractivity contribution in [3.63, 3.8) is 0 Å². The van der Waals surface area contributed by atoms with Crippen LogP contribution in [0.2, 0.25) is 0 Å². The Bertz CT molecular complexity index is 573. The van der Waals surface area contributed by atoms with E-state index < -0.39 is 5.60 Å². The predicted molar refractivity (Wildman–Crippen MR) is 73.9 cm³/mol. The summed E-state index contributed by atoms with van der Waals surface area (Å²) in [5.41, 5.74) is 2.74. The highest BCUT2D eigenvalue weighted by Crippen LogP contribution is 2.46. The summed E-state index contributed by atoms with van der Waals surface area (Å²) in [6, 6.07) is 6.18. The highest BCUT2D eigenvalue weighted by molar-refractivity contribution is 7.10. The van der Waals surface area contributed by atoms with Gasteiger partial charge in [-0.05, 0) is 55.3 Å². The Labute approximate surface area is 111 Å². The minimum atomic E-state index is -0.808. The molecule has 1 aliphatic rings. The molecule has 1 N–H and O–H groups in total. The van der Waals surface area contributed by atoms with Gasteiger partial charge in [0.25, 0.3) is 0 Å². The van der Waals surface area contributed by atoms with Gasteiger partial charge in [0.1, 0.15) is 5.60 Å². The van der Waals surface area contributed by atoms with E-state index in [1.165, 1.54) is 11.1 Å². The average Bonchev–Trinajstić information content (AvgIpc) is 2.95. The van der Waals surface area contributed by atoms with Crippen molar-refractivity contribution in [2.24, 2.45) is 0 Å². The third-order valence-corrected chi connectivity index (χ3v) is 5.20. The fraction of sp³-hybridized carbons (Fsp3) is 0.400. The van der Waals surface area contributed by atoms with Gasteiger partial charge < -0.3 is 5.11 Å². The molecule has 0 aromatic carbocycles. The molecule has 0 radical (unpaired) electrons. The van der Waals surface area contributed by atoms with E-state index in [0.29, 0.717) is 0 Å². The van der Waals surface area contributed by atoms with Crippen molar-refractivity contribution in [3.05, 3.63) is 51.5 Å². The highest BCUT2D eigenvalue weighted by atomic mass is 32.1. The number of aliphatic hydroxyl groups is 1. The molecule has 0 fully saturated rings. The van der Waals surface area contributed by atoms with Gasteiger partial charge in [-0.2, -0.15) is 0 Å². The molecular weight excluding hydrogens is 242 g/mol. The lowest BCUT2D eigenvalue weighted by Crippen LogP contribution is -2.29. The molecule has 3 heteroatoms. The molecule has 1 aliphatic carbocycles. The molecule has 2 aromatic heterocycles. The average molecular weight is 259 g/mol. The van der Waals surface area contributed by atoms with Gasteiger partial charge in [-0.15, -0.1) is 11.3 Å². The first-order valence-corrected chi connectivity index (χ1v) is 7.19. The van der Waals surface area contributed by atoms with E-state index in [1.54, 1.807) is 11.3 Å². The van der Waals surface area contributed by atoms with Crippen LogP contribution in [0.1, 0.15) is 41.0 Å². The molecular formula is C15H17NOS. The summed E-state index contributed by atoms with van der Waals surface area (Å²) in [4.78, 5) is 5.57. The lowest BCUT2D eigenvalue weighted by atomic mass is 9.84. The Hall–Kier alpha value is -1.19. The van der Waals surface area contributed by atoms with Crippen molar-refractivity contribution in [1.29, 1.82) is 0 Å². The van der Waals surface area contributed by atoms with Crippen LogP contribution in [0, 0.1) is 6.92 Å². The van der Waals surface area contributed by atoms with Crippen LogP contribution in [0.4, 0.5) is 0 Å². The molecule has 0 spiro atoms. The molecule has 2 nitrogen and oxygen atoms in total. The van der Waals surface area contributed by atoms with Crippen LogP contribution in [0.25, 0.3) is 0 Å². The maximum absolute atomic E-state index is 11.0. The maximum atomic E-state index is 11.0. The van der Waals surface area contributed by atoms with Crippen LogP contribution in [-0.4, -0.2) is 10.1 Å². The third kappa shape index (κ3) is 1.70. The lowest BCUT2D eigenvalue weighted by molar-refractivity contribution is 0.0287. The van der Waals surface area contributed by atoms with Gasteiger partial charge in [0.2, 0.25) is 0 Å². The summed E-state index contributed by atoms with van der Waals surface area (Å²) < 4.78 is 0. The molecule has 2 aromatic rings. The second-order valence-electron chi connectivity index (χ2n) is 5.22. The number of aromatic nitrogens is 1. The zero-order chi connectivity index (χ0) is 12.8. The van der Waals surface area contributed by atoms with Gasteiger partial charge in [-0.3, -0.25) is 4.98 Å². The second-order valence-corrected chi connectivity index (χ2v) is 6.14. The monoisotopic (exact) mass is 259 g/mol. The van der Waals surface area contributed by atoms with Gasteiger partial charge in [-0.1, -0.05) is 6.07 Å². The third-order valence-electron chi connectivity index (χ3n) is 3.96. The zero-order valence-electron chi connectivity index (χ0n) is 10.7. The maximum Gasteiger partial charge on any atom is 0.105 e. The normalized spacial score (nSPS) is 21.6. The van der Waals surface area contributed by atoms with Gasteiger partial charge in [0.15, 0.2) is 0 Å². The number of aryl methyl sites for hydroxylation is 2. The summed E-state index contributed by atoms with van der Waals surface area (Å²) in [5, 5.41) is 13.0. The Kier molecular flexibility index (Phi) is 2.76. The number of hydrogen-bond acceptors (Lipinski definition) is 3.